The van der Waals surface area contributed by atoms with Gasteiger partial charge in [0.1, 0.15) is 22.7 Å². The first kappa shape index (κ1) is 20.1. The Morgan fingerprint density at radius 1 is 1.33 bits per heavy atom. The number of nitrogens with one attached hydrogen (secondary N) is 3. The Hall–Kier alpha value is -3.54. The Labute approximate surface area is 192 Å². The Kier molecular flexibility index (Phi) is 4.75. The number of H-pyrrole nitrogens is 1. The monoisotopic (exact) mass is 467 g/mol. The van der Waals surface area contributed by atoms with E-state index in [1.165, 1.54) is 24.4 Å². The van der Waals surface area contributed by atoms with Gasteiger partial charge in [-0.1, -0.05) is 0 Å². The number of aromatic nitrogens is 6. The van der Waals surface area contributed by atoms with E-state index in [0.29, 0.717) is 22.6 Å². The molecule has 2 atom stereocenters. The van der Waals surface area contributed by atoms with Gasteiger partial charge in [-0.15, -0.1) is 5.10 Å². The number of anilines is 4. The van der Waals surface area contributed by atoms with E-state index in [9.17, 15) is 9.18 Å². The van der Waals surface area contributed by atoms with Gasteiger partial charge in [0.15, 0.2) is 11.6 Å². The normalized spacial score (nSPS) is 20.5. The summed E-state index contributed by atoms with van der Waals surface area (Å²) in [5.74, 6) is 1.73. The summed E-state index contributed by atoms with van der Waals surface area (Å²) < 4.78 is 20.3. The number of amides is 1. The molecule has 33 heavy (non-hydrogen) atoms. The summed E-state index contributed by atoms with van der Waals surface area (Å²) >= 11 is 1.20. The average molecular weight is 468 g/mol. The van der Waals surface area contributed by atoms with Crippen LogP contribution in [0.1, 0.15) is 36.6 Å². The van der Waals surface area contributed by atoms with Crippen molar-refractivity contribution in [3.63, 3.8) is 0 Å². The quantitative estimate of drug-likeness (QED) is 0.398. The van der Waals surface area contributed by atoms with Gasteiger partial charge in [0.05, 0.1) is 12.2 Å². The number of carbonyl (C=O) groups excluding carboxylic acids is 1. The average Bonchev–Trinajstić information content (AvgIpc) is 3.17. The molecular formula is C21H22FN9OS. The molecule has 1 amide bonds. The van der Waals surface area contributed by atoms with Crippen LogP contribution >= 0.6 is 11.5 Å². The van der Waals surface area contributed by atoms with Gasteiger partial charge in [-0.25, -0.2) is 8.91 Å². The van der Waals surface area contributed by atoms with E-state index in [2.05, 4.69) is 35.3 Å². The number of carbonyl (C=O) groups is 1. The number of nitrogens with zero attached hydrogens (tertiary/aromatic N) is 6. The summed E-state index contributed by atoms with van der Waals surface area (Å²) in [4.78, 5) is 19.3. The maximum absolute atomic E-state index is 14.5. The largest absolute Gasteiger partial charge is 0.324 e. The molecule has 4 aromatic heterocycles. The summed E-state index contributed by atoms with van der Waals surface area (Å²) in [5.41, 5.74) is 2.68. The zero-order valence-electron chi connectivity index (χ0n) is 17.8. The minimum atomic E-state index is -1.16. The van der Waals surface area contributed by atoms with Crippen molar-refractivity contribution in [2.45, 2.75) is 44.3 Å². The molecule has 1 aliphatic carbocycles. The molecule has 2 fully saturated rings. The molecule has 2 aliphatic rings. The lowest BCUT2D eigenvalue weighted by molar-refractivity contribution is -0.117. The Bertz CT molecular complexity index is 1330. The zero-order valence-corrected chi connectivity index (χ0v) is 18.6. The molecular weight excluding hydrogens is 445 g/mol. The fourth-order valence-electron chi connectivity index (χ4n) is 4.14. The SMILES string of the molecule is Cc1cc(NC(=O)C2C[C@@H](F)CN2c2nc(Nc3cc(C4CC4)[nH]n3)c3cccn3n2)sn1. The van der Waals surface area contributed by atoms with Crippen molar-refractivity contribution in [3.8, 4) is 0 Å². The standard InChI is InChI=1S/C21H22FN9OS/c1-11-7-18(33-29-11)24-20(32)16-8-13(22)10-30(16)21-25-19(15-3-2-6-31(15)28-21)23-17-9-14(26-27-17)12-4-5-12/h2-3,6-7,9,12-13,16H,4-5,8,10H2,1H3,(H,24,32)(H2,23,25,26,27,28)/t13-,16?/m1/s1. The first-order chi connectivity index (χ1) is 16.0. The summed E-state index contributed by atoms with van der Waals surface area (Å²) in [7, 11) is 0. The smallest absolute Gasteiger partial charge is 0.247 e. The second-order valence-corrected chi connectivity index (χ2v) is 9.33. The van der Waals surface area contributed by atoms with Gasteiger partial charge in [-0.3, -0.25) is 9.89 Å². The highest BCUT2D eigenvalue weighted by Gasteiger charge is 2.39. The third-order valence-corrected chi connectivity index (χ3v) is 6.72. The minimum absolute atomic E-state index is 0.0419. The van der Waals surface area contributed by atoms with Gasteiger partial charge >= 0.3 is 0 Å². The van der Waals surface area contributed by atoms with Gasteiger partial charge in [0, 0.05) is 30.3 Å². The van der Waals surface area contributed by atoms with Crippen LogP contribution in [0.15, 0.2) is 30.5 Å². The van der Waals surface area contributed by atoms with E-state index >= 15 is 0 Å². The van der Waals surface area contributed by atoms with Crippen molar-refractivity contribution in [2.75, 3.05) is 22.1 Å². The molecule has 1 saturated carbocycles. The van der Waals surface area contributed by atoms with Gasteiger partial charge in [0.2, 0.25) is 11.9 Å². The molecule has 1 unspecified atom stereocenters. The maximum Gasteiger partial charge on any atom is 0.247 e. The molecule has 0 spiro atoms. The number of fused-ring (bicyclic) bond motifs is 1. The van der Waals surface area contributed by atoms with E-state index in [-0.39, 0.29) is 24.8 Å². The van der Waals surface area contributed by atoms with Crippen molar-refractivity contribution >= 4 is 45.5 Å². The Balaban J connectivity index is 1.30. The van der Waals surface area contributed by atoms with Crippen LogP contribution in [-0.2, 0) is 4.79 Å². The lowest BCUT2D eigenvalue weighted by Gasteiger charge is -2.23. The zero-order chi connectivity index (χ0) is 22.5. The highest BCUT2D eigenvalue weighted by Crippen LogP contribution is 2.40. The fourth-order valence-corrected chi connectivity index (χ4v) is 4.81. The predicted octanol–water partition coefficient (Wildman–Crippen LogP) is 3.39. The highest BCUT2D eigenvalue weighted by molar-refractivity contribution is 7.10. The molecule has 0 radical (unpaired) electrons. The molecule has 4 aromatic rings. The number of halogens is 1. The lowest BCUT2D eigenvalue weighted by atomic mass is 10.2. The van der Waals surface area contributed by atoms with Gasteiger partial charge < -0.3 is 15.5 Å². The summed E-state index contributed by atoms with van der Waals surface area (Å²) in [5, 5.41) is 18.7. The maximum atomic E-state index is 14.5. The topological polar surface area (TPSA) is 116 Å². The Morgan fingerprint density at radius 2 is 2.21 bits per heavy atom. The predicted molar refractivity (Wildman–Crippen MR) is 123 cm³/mol. The van der Waals surface area contributed by atoms with E-state index in [4.69, 9.17) is 0 Å². The molecule has 3 N–H and O–H groups in total. The molecule has 0 bridgehead atoms. The van der Waals surface area contributed by atoms with Gasteiger partial charge in [-0.2, -0.15) is 14.5 Å². The molecule has 12 heteroatoms. The number of alkyl halides is 1. The lowest BCUT2D eigenvalue weighted by Crippen LogP contribution is -2.40. The number of hydrogen-bond acceptors (Lipinski definition) is 8. The van der Waals surface area contributed by atoms with Crippen molar-refractivity contribution in [2.24, 2.45) is 0 Å². The van der Waals surface area contributed by atoms with Crippen molar-refractivity contribution in [3.05, 3.63) is 41.9 Å². The first-order valence-electron chi connectivity index (χ1n) is 10.9. The van der Waals surface area contributed by atoms with Crippen LogP contribution in [0.4, 0.5) is 27.0 Å². The van der Waals surface area contributed by atoms with Crippen LogP contribution in [0, 0.1) is 6.92 Å². The van der Waals surface area contributed by atoms with Crippen LogP contribution in [-0.4, -0.2) is 53.8 Å². The van der Waals surface area contributed by atoms with Crippen molar-refractivity contribution in [1.82, 2.24) is 29.2 Å². The Morgan fingerprint density at radius 3 is 3.00 bits per heavy atom. The second-order valence-electron chi connectivity index (χ2n) is 8.53. The van der Waals surface area contributed by atoms with E-state index in [1.54, 1.807) is 21.7 Å². The molecule has 170 valence electrons. The summed E-state index contributed by atoms with van der Waals surface area (Å²) in [6.45, 7) is 1.90. The molecule has 5 heterocycles. The van der Waals surface area contributed by atoms with E-state index in [0.717, 1.165) is 16.9 Å². The molecule has 1 saturated heterocycles. The van der Waals surface area contributed by atoms with Crippen LogP contribution in [0.3, 0.4) is 0 Å². The molecule has 6 rings (SSSR count). The van der Waals surface area contributed by atoms with Crippen LogP contribution in [0.25, 0.3) is 5.52 Å². The first-order valence-corrected chi connectivity index (χ1v) is 11.6. The third-order valence-electron chi connectivity index (χ3n) is 5.93. The third kappa shape index (κ3) is 3.90. The fraction of sp³-hybridized carbons (Fsp3) is 0.381. The van der Waals surface area contributed by atoms with E-state index < -0.39 is 12.2 Å². The molecule has 1 aliphatic heterocycles. The number of rotatable bonds is 6. The minimum Gasteiger partial charge on any atom is -0.324 e. The second kappa shape index (κ2) is 7.80. The number of hydrogen-bond donors (Lipinski definition) is 3. The van der Waals surface area contributed by atoms with Crippen LogP contribution < -0.4 is 15.5 Å². The molecule has 0 aromatic carbocycles. The van der Waals surface area contributed by atoms with Gasteiger partial charge in [0.25, 0.3) is 0 Å². The van der Waals surface area contributed by atoms with E-state index in [1.807, 2.05) is 25.1 Å². The summed E-state index contributed by atoms with van der Waals surface area (Å²) in [6, 6.07) is 6.80. The summed E-state index contributed by atoms with van der Waals surface area (Å²) in [6.07, 6.45) is 3.06. The number of aryl methyl sites for hydroxylation is 1. The van der Waals surface area contributed by atoms with Crippen LogP contribution in [0.5, 0.6) is 0 Å². The highest BCUT2D eigenvalue weighted by atomic mass is 32.1. The molecule has 10 nitrogen and oxygen atoms in total. The van der Waals surface area contributed by atoms with Crippen molar-refractivity contribution < 1.29 is 9.18 Å². The van der Waals surface area contributed by atoms with Gasteiger partial charge in [-0.05, 0) is 49.5 Å². The number of aromatic amines is 1. The van der Waals surface area contributed by atoms with Crippen molar-refractivity contribution in [1.29, 1.82) is 0 Å². The van der Waals surface area contributed by atoms with Crippen LogP contribution in [0.2, 0.25) is 0 Å².